The van der Waals surface area contributed by atoms with Gasteiger partial charge in [-0.1, -0.05) is 0 Å². The fourth-order valence-corrected chi connectivity index (χ4v) is 2.30. The van der Waals surface area contributed by atoms with Crippen molar-refractivity contribution in [3.63, 3.8) is 0 Å². The van der Waals surface area contributed by atoms with Gasteiger partial charge in [0.25, 0.3) is 0 Å². The minimum atomic E-state index is 0.0107. The number of carbonyl (C=O) groups is 1. The van der Waals surface area contributed by atoms with E-state index in [1.54, 1.807) is 7.11 Å². The summed E-state index contributed by atoms with van der Waals surface area (Å²) in [5.41, 5.74) is 2.22. The third kappa shape index (κ3) is 5.34. The van der Waals surface area contributed by atoms with Gasteiger partial charge in [-0.05, 0) is 44.2 Å². The van der Waals surface area contributed by atoms with E-state index in [0.717, 1.165) is 18.5 Å². The van der Waals surface area contributed by atoms with Gasteiger partial charge in [0, 0.05) is 37.3 Å². The second kappa shape index (κ2) is 7.41. The number of hydrogen-bond donors (Lipinski definition) is 2. The first-order chi connectivity index (χ1) is 10.1. The van der Waals surface area contributed by atoms with Gasteiger partial charge in [-0.15, -0.1) is 0 Å². The molecule has 1 saturated carbocycles. The van der Waals surface area contributed by atoms with Gasteiger partial charge in [0.1, 0.15) is 0 Å². The van der Waals surface area contributed by atoms with Crippen molar-refractivity contribution < 1.29 is 9.53 Å². The lowest BCUT2D eigenvalue weighted by molar-refractivity contribution is -0.118. The zero-order valence-electron chi connectivity index (χ0n) is 13.1. The Morgan fingerprint density at radius 1 is 1.48 bits per heavy atom. The van der Waals surface area contributed by atoms with Gasteiger partial charge in [0.2, 0.25) is 11.8 Å². The fraction of sp³-hybridized carbons (Fsp3) is 0.625. The van der Waals surface area contributed by atoms with E-state index in [1.807, 2.05) is 6.07 Å². The predicted octanol–water partition coefficient (Wildman–Crippen LogP) is 1.97. The van der Waals surface area contributed by atoms with Crippen molar-refractivity contribution in [1.29, 1.82) is 0 Å². The molecule has 21 heavy (non-hydrogen) atoms. The first-order valence-corrected chi connectivity index (χ1v) is 7.64. The van der Waals surface area contributed by atoms with Crippen LogP contribution < -0.4 is 15.4 Å². The number of nitrogens with one attached hydrogen (secondary N) is 2. The third-order valence-corrected chi connectivity index (χ3v) is 3.63. The van der Waals surface area contributed by atoms with Gasteiger partial charge in [0.15, 0.2) is 0 Å². The van der Waals surface area contributed by atoms with Crippen LogP contribution in [0.4, 0.5) is 0 Å². The van der Waals surface area contributed by atoms with Crippen LogP contribution in [0.25, 0.3) is 0 Å². The van der Waals surface area contributed by atoms with Crippen LogP contribution >= 0.6 is 0 Å². The number of aryl methyl sites for hydroxylation is 1. The first kappa shape index (κ1) is 15.8. The molecule has 0 unspecified atom stereocenters. The highest BCUT2D eigenvalue weighted by Crippen LogP contribution is 2.25. The van der Waals surface area contributed by atoms with Crippen molar-refractivity contribution in [2.45, 2.75) is 51.6 Å². The number of aromatic nitrogens is 1. The molecule has 2 rings (SSSR count). The van der Waals surface area contributed by atoms with Gasteiger partial charge in [-0.2, -0.15) is 0 Å². The van der Waals surface area contributed by atoms with E-state index >= 15 is 0 Å². The Bertz CT molecular complexity index is 486. The highest BCUT2D eigenvalue weighted by atomic mass is 16.5. The molecular formula is C16H25N3O2. The summed E-state index contributed by atoms with van der Waals surface area (Å²) >= 11 is 0. The largest absolute Gasteiger partial charge is 0.481 e. The van der Waals surface area contributed by atoms with Crippen molar-refractivity contribution >= 4 is 5.91 Å². The molecule has 1 aromatic rings. The minimum Gasteiger partial charge on any atom is -0.481 e. The van der Waals surface area contributed by atoms with Crippen molar-refractivity contribution in [2.24, 2.45) is 0 Å². The van der Waals surface area contributed by atoms with E-state index < -0.39 is 0 Å². The lowest BCUT2D eigenvalue weighted by atomic mass is 10.1. The topological polar surface area (TPSA) is 63.2 Å². The van der Waals surface area contributed by atoms with Crippen molar-refractivity contribution in [2.75, 3.05) is 13.7 Å². The van der Waals surface area contributed by atoms with Crippen LogP contribution in [0, 0.1) is 0 Å². The molecule has 1 aliphatic carbocycles. The summed E-state index contributed by atoms with van der Waals surface area (Å²) in [7, 11) is 1.65. The van der Waals surface area contributed by atoms with E-state index in [1.165, 1.54) is 25.3 Å². The summed E-state index contributed by atoms with van der Waals surface area (Å²) < 4.78 is 5.30. The molecular weight excluding hydrogens is 266 g/mol. The normalized spacial score (nSPS) is 15.6. The molecule has 5 nitrogen and oxygen atoms in total. The smallest absolute Gasteiger partial charge is 0.216 e. The second-order valence-corrected chi connectivity index (χ2v) is 5.68. The number of hydrogen-bond acceptors (Lipinski definition) is 4. The molecule has 5 heteroatoms. The van der Waals surface area contributed by atoms with Crippen LogP contribution in [0.2, 0.25) is 0 Å². The van der Waals surface area contributed by atoms with E-state index in [2.05, 4.69) is 28.6 Å². The predicted molar refractivity (Wildman–Crippen MR) is 82.4 cm³/mol. The number of carbonyl (C=O) groups excluding carboxylic acids is 1. The molecule has 1 atom stereocenters. The second-order valence-electron chi connectivity index (χ2n) is 5.68. The summed E-state index contributed by atoms with van der Waals surface area (Å²) in [5.74, 6) is 0.669. The number of nitrogens with zero attached hydrogens (tertiary/aromatic N) is 1. The average Bonchev–Trinajstić information content (AvgIpc) is 3.27. The van der Waals surface area contributed by atoms with Gasteiger partial charge >= 0.3 is 0 Å². The molecule has 116 valence electrons. The SMILES string of the molecule is COc1cc([C@@H](C)NC2CC2)cc(CCCNC(C)=O)n1. The van der Waals surface area contributed by atoms with Crippen LogP contribution in [0.3, 0.4) is 0 Å². The number of ether oxygens (including phenoxy) is 1. The molecule has 0 aliphatic heterocycles. The van der Waals surface area contributed by atoms with Crippen LogP contribution in [0.5, 0.6) is 5.88 Å². The van der Waals surface area contributed by atoms with Crippen molar-refractivity contribution in [1.82, 2.24) is 15.6 Å². The Hall–Kier alpha value is -1.62. The molecule has 2 N–H and O–H groups in total. The van der Waals surface area contributed by atoms with Crippen LogP contribution in [-0.2, 0) is 11.2 Å². The molecule has 0 aromatic carbocycles. The van der Waals surface area contributed by atoms with Crippen LogP contribution in [0.15, 0.2) is 12.1 Å². The zero-order valence-corrected chi connectivity index (χ0v) is 13.1. The fourth-order valence-electron chi connectivity index (χ4n) is 2.30. The first-order valence-electron chi connectivity index (χ1n) is 7.64. The Labute approximate surface area is 126 Å². The molecule has 1 aliphatic rings. The number of rotatable bonds is 8. The van der Waals surface area contributed by atoms with E-state index in [0.29, 0.717) is 24.5 Å². The summed E-state index contributed by atoms with van der Waals surface area (Å²) in [4.78, 5) is 15.3. The van der Waals surface area contributed by atoms with Gasteiger partial charge in [0.05, 0.1) is 7.11 Å². The monoisotopic (exact) mass is 291 g/mol. The van der Waals surface area contributed by atoms with E-state index in [-0.39, 0.29) is 5.91 Å². The highest BCUT2D eigenvalue weighted by molar-refractivity contribution is 5.72. The lowest BCUT2D eigenvalue weighted by Gasteiger charge is -2.16. The summed E-state index contributed by atoms with van der Waals surface area (Å²) in [6, 6.07) is 5.11. The molecule has 1 heterocycles. The lowest BCUT2D eigenvalue weighted by Crippen LogP contribution is -2.22. The molecule has 0 spiro atoms. The van der Waals surface area contributed by atoms with Crippen LogP contribution in [0.1, 0.15) is 50.4 Å². The minimum absolute atomic E-state index is 0.0107. The maximum absolute atomic E-state index is 10.9. The van der Waals surface area contributed by atoms with Gasteiger partial charge < -0.3 is 15.4 Å². The average molecular weight is 291 g/mol. The maximum Gasteiger partial charge on any atom is 0.216 e. The molecule has 1 amide bonds. The van der Waals surface area contributed by atoms with Crippen LogP contribution in [-0.4, -0.2) is 30.6 Å². The standard InChI is InChI=1S/C16H25N3O2/c1-11(18-14-6-7-14)13-9-15(19-16(10-13)21-3)5-4-8-17-12(2)20/h9-11,14,18H,4-8H2,1-3H3,(H,17,20)/t11-/m1/s1. The van der Waals surface area contributed by atoms with E-state index in [4.69, 9.17) is 4.74 Å². The number of amides is 1. The molecule has 1 aromatic heterocycles. The van der Waals surface area contributed by atoms with Crippen molar-refractivity contribution in [3.8, 4) is 5.88 Å². The molecule has 0 radical (unpaired) electrons. The van der Waals surface area contributed by atoms with Gasteiger partial charge in [-0.25, -0.2) is 4.98 Å². The number of methoxy groups -OCH3 is 1. The summed E-state index contributed by atoms with van der Waals surface area (Å²) in [5, 5.41) is 6.40. The van der Waals surface area contributed by atoms with Crippen molar-refractivity contribution in [3.05, 3.63) is 23.4 Å². The summed E-state index contributed by atoms with van der Waals surface area (Å²) in [6.45, 7) is 4.39. The third-order valence-electron chi connectivity index (χ3n) is 3.63. The van der Waals surface area contributed by atoms with Gasteiger partial charge in [-0.3, -0.25) is 4.79 Å². The quantitative estimate of drug-likeness (QED) is 0.719. The van der Waals surface area contributed by atoms with E-state index in [9.17, 15) is 4.79 Å². The summed E-state index contributed by atoms with van der Waals surface area (Å²) in [6.07, 6.45) is 4.26. The molecule has 0 saturated heterocycles. The maximum atomic E-state index is 10.9. The zero-order chi connectivity index (χ0) is 15.2. The Morgan fingerprint density at radius 3 is 2.86 bits per heavy atom. The molecule has 1 fully saturated rings. The Morgan fingerprint density at radius 2 is 2.24 bits per heavy atom. The Balaban J connectivity index is 1.96. The molecule has 0 bridgehead atoms. The number of pyridine rings is 1. The Kier molecular flexibility index (Phi) is 5.56. The highest BCUT2D eigenvalue weighted by Gasteiger charge is 2.23.